The second-order valence-electron chi connectivity index (χ2n) is 6.29. The number of rotatable bonds is 2. The van der Waals surface area contributed by atoms with Gasteiger partial charge in [0.1, 0.15) is 6.04 Å². The average molecular weight is 329 g/mol. The van der Waals surface area contributed by atoms with Gasteiger partial charge in [0.25, 0.3) is 0 Å². The van der Waals surface area contributed by atoms with Gasteiger partial charge in [-0.25, -0.2) is 0 Å². The smallest absolute Gasteiger partial charge is 0.416 e. The number of carbonyl (C=O) groups excluding carboxylic acids is 1. The summed E-state index contributed by atoms with van der Waals surface area (Å²) in [6, 6.07) is 4.70. The molecule has 3 atom stereocenters. The van der Waals surface area contributed by atoms with Crippen LogP contribution in [-0.2, 0) is 22.1 Å². The number of benzene rings is 1. The molecule has 1 fully saturated rings. The third kappa shape index (κ3) is 5.23. The standard InChI is InChI=1S/C17H22F3NO2/c1-11-9-13(3-2-4-15(21)16(22)23-11)10-12-5-7-14(8-6-12)17(18,19)20/h5-8,11,13,15H,2-4,9-10,21H2,1H3/t11-,13-,15-/m0/s1. The molecule has 1 aliphatic heterocycles. The van der Waals surface area contributed by atoms with Crippen LogP contribution in [0.1, 0.15) is 43.7 Å². The Morgan fingerprint density at radius 2 is 1.87 bits per heavy atom. The first-order chi connectivity index (χ1) is 10.8. The summed E-state index contributed by atoms with van der Waals surface area (Å²) in [7, 11) is 0. The topological polar surface area (TPSA) is 52.3 Å². The predicted octanol–water partition coefficient (Wildman–Crippen LogP) is 3.70. The Balaban J connectivity index is 2.01. The lowest BCUT2D eigenvalue weighted by atomic mass is 9.89. The summed E-state index contributed by atoms with van der Waals surface area (Å²) in [5, 5.41) is 0. The summed E-state index contributed by atoms with van der Waals surface area (Å²) in [6.07, 6.45) is -0.894. The van der Waals surface area contributed by atoms with Gasteiger partial charge >= 0.3 is 12.1 Å². The van der Waals surface area contributed by atoms with Crippen molar-refractivity contribution in [3.8, 4) is 0 Å². The van der Waals surface area contributed by atoms with Crippen LogP contribution >= 0.6 is 0 Å². The van der Waals surface area contributed by atoms with Crippen LogP contribution in [0, 0.1) is 5.92 Å². The molecular weight excluding hydrogens is 307 g/mol. The van der Waals surface area contributed by atoms with Crippen LogP contribution in [0.15, 0.2) is 24.3 Å². The number of esters is 1. The zero-order valence-electron chi connectivity index (χ0n) is 13.1. The number of cyclic esters (lactones) is 1. The van der Waals surface area contributed by atoms with E-state index in [-0.39, 0.29) is 18.0 Å². The van der Waals surface area contributed by atoms with Crippen LogP contribution < -0.4 is 5.73 Å². The number of nitrogens with two attached hydrogens (primary N) is 1. The van der Waals surface area contributed by atoms with Crippen LogP contribution in [0.2, 0.25) is 0 Å². The molecule has 23 heavy (non-hydrogen) atoms. The fourth-order valence-corrected chi connectivity index (χ4v) is 3.01. The number of halogens is 3. The molecule has 3 nitrogen and oxygen atoms in total. The van der Waals surface area contributed by atoms with E-state index >= 15 is 0 Å². The van der Waals surface area contributed by atoms with E-state index in [2.05, 4.69) is 0 Å². The van der Waals surface area contributed by atoms with Crippen LogP contribution in [-0.4, -0.2) is 18.1 Å². The lowest BCUT2D eigenvalue weighted by molar-refractivity contribution is -0.150. The molecule has 1 saturated heterocycles. The third-order valence-electron chi connectivity index (χ3n) is 4.22. The summed E-state index contributed by atoms with van der Waals surface area (Å²) in [5.41, 5.74) is 5.98. The van der Waals surface area contributed by atoms with Crippen LogP contribution in [0.4, 0.5) is 13.2 Å². The molecule has 1 aromatic carbocycles. The molecule has 0 unspecified atom stereocenters. The number of hydrogen-bond acceptors (Lipinski definition) is 3. The molecule has 128 valence electrons. The highest BCUT2D eigenvalue weighted by atomic mass is 19.4. The maximum atomic E-state index is 12.6. The van der Waals surface area contributed by atoms with Gasteiger partial charge in [-0.05, 0) is 56.2 Å². The summed E-state index contributed by atoms with van der Waals surface area (Å²) in [6.45, 7) is 1.83. The number of ether oxygens (including phenoxy) is 1. The molecule has 6 heteroatoms. The molecule has 0 spiro atoms. The number of hydrogen-bond donors (Lipinski definition) is 1. The Bertz CT molecular complexity index is 528. The maximum Gasteiger partial charge on any atom is 0.416 e. The molecule has 0 amide bonds. The lowest BCUT2D eigenvalue weighted by Crippen LogP contribution is -2.33. The summed E-state index contributed by atoms with van der Waals surface area (Å²) >= 11 is 0. The Hall–Kier alpha value is -1.56. The minimum Gasteiger partial charge on any atom is -0.462 e. The minimum atomic E-state index is -4.31. The third-order valence-corrected chi connectivity index (χ3v) is 4.22. The van der Waals surface area contributed by atoms with Crippen molar-refractivity contribution < 1.29 is 22.7 Å². The van der Waals surface area contributed by atoms with Gasteiger partial charge in [0.2, 0.25) is 0 Å². The van der Waals surface area contributed by atoms with E-state index in [1.165, 1.54) is 12.1 Å². The van der Waals surface area contributed by atoms with Gasteiger partial charge in [-0.2, -0.15) is 13.2 Å². The van der Waals surface area contributed by atoms with Crippen molar-refractivity contribution in [1.29, 1.82) is 0 Å². The van der Waals surface area contributed by atoms with Crippen molar-refractivity contribution in [2.45, 2.75) is 57.3 Å². The highest BCUT2D eigenvalue weighted by molar-refractivity contribution is 5.75. The largest absolute Gasteiger partial charge is 0.462 e. The van der Waals surface area contributed by atoms with E-state index in [9.17, 15) is 18.0 Å². The monoisotopic (exact) mass is 329 g/mol. The van der Waals surface area contributed by atoms with Gasteiger partial charge in [-0.15, -0.1) is 0 Å². The molecule has 0 aromatic heterocycles. The van der Waals surface area contributed by atoms with Crippen LogP contribution in [0.5, 0.6) is 0 Å². The Labute approximate surface area is 134 Å². The van der Waals surface area contributed by atoms with E-state index in [1.807, 2.05) is 6.92 Å². The van der Waals surface area contributed by atoms with E-state index < -0.39 is 17.8 Å². The van der Waals surface area contributed by atoms with Gasteiger partial charge in [-0.3, -0.25) is 4.79 Å². The zero-order valence-corrected chi connectivity index (χ0v) is 13.1. The fourth-order valence-electron chi connectivity index (χ4n) is 3.01. The highest BCUT2D eigenvalue weighted by Gasteiger charge is 2.30. The van der Waals surface area contributed by atoms with Crippen molar-refractivity contribution >= 4 is 5.97 Å². The average Bonchev–Trinajstić information content (AvgIpc) is 2.50. The first-order valence-corrected chi connectivity index (χ1v) is 7.88. The molecule has 1 aliphatic rings. The molecule has 0 aliphatic carbocycles. The number of alkyl halides is 3. The molecular formula is C17H22F3NO2. The van der Waals surface area contributed by atoms with Crippen molar-refractivity contribution in [1.82, 2.24) is 0 Å². The summed E-state index contributed by atoms with van der Waals surface area (Å²) in [5.74, 6) is -0.104. The lowest BCUT2D eigenvalue weighted by Gasteiger charge is -2.20. The van der Waals surface area contributed by atoms with E-state index in [0.717, 1.165) is 30.5 Å². The van der Waals surface area contributed by atoms with Gasteiger partial charge in [0.15, 0.2) is 0 Å². The minimum absolute atomic E-state index is 0.230. The SMILES string of the molecule is C[C@H]1C[C@@H](Cc2ccc(C(F)(F)F)cc2)CCC[C@H](N)C(=O)O1. The maximum absolute atomic E-state index is 12.6. The van der Waals surface area contributed by atoms with E-state index in [4.69, 9.17) is 10.5 Å². The first kappa shape index (κ1) is 17.8. The van der Waals surface area contributed by atoms with Crippen molar-refractivity contribution in [3.05, 3.63) is 35.4 Å². The molecule has 2 N–H and O–H groups in total. The van der Waals surface area contributed by atoms with Crippen molar-refractivity contribution in [2.75, 3.05) is 0 Å². The van der Waals surface area contributed by atoms with Crippen molar-refractivity contribution in [2.24, 2.45) is 11.7 Å². The van der Waals surface area contributed by atoms with E-state index in [1.54, 1.807) is 0 Å². The molecule has 1 heterocycles. The molecule has 0 bridgehead atoms. The summed E-state index contributed by atoms with van der Waals surface area (Å²) in [4.78, 5) is 11.7. The molecule has 1 aromatic rings. The molecule has 0 saturated carbocycles. The van der Waals surface area contributed by atoms with Crippen LogP contribution in [0.3, 0.4) is 0 Å². The Morgan fingerprint density at radius 1 is 1.22 bits per heavy atom. The zero-order chi connectivity index (χ0) is 17.0. The second-order valence-corrected chi connectivity index (χ2v) is 6.29. The van der Waals surface area contributed by atoms with Gasteiger partial charge in [0, 0.05) is 0 Å². The normalized spacial score (nSPS) is 26.8. The molecule has 2 rings (SSSR count). The highest BCUT2D eigenvalue weighted by Crippen LogP contribution is 2.30. The van der Waals surface area contributed by atoms with Gasteiger partial charge < -0.3 is 10.5 Å². The fraction of sp³-hybridized carbons (Fsp3) is 0.588. The predicted molar refractivity (Wildman–Crippen MR) is 80.6 cm³/mol. The first-order valence-electron chi connectivity index (χ1n) is 7.88. The molecule has 0 radical (unpaired) electrons. The Kier molecular flexibility index (Phi) is 5.68. The van der Waals surface area contributed by atoms with Gasteiger partial charge in [0.05, 0.1) is 11.7 Å². The van der Waals surface area contributed by atoms with Crippen LogP contribution in [0.25, 0.3) is 0 Å². The number of carbonyl (C=O) groups is 1. The Morgan fingerprint density at radius 3 is 2.48 bits per heavy atom. The van der Waals surface area contributed by atoms with Gasteiger partial charge in [-0.1, -0.05) is 18.6 Å². The summed E-state index contributed by atoms with van der Waals surface area (Å²) < 4.78 is 43.1. The quantitative estimate of drug-likeness (QED) is 0.842. The van der Waals surface area contributed by atoms with Crippen molar-refractivity contribution in [3.63, 3.8) is 0 Å². The van der Waals surface area contributed by atoms with E-state index in [0.29, 0.717) is 19.3 Å². The second kappa shape index (κ2) is 7.34.